The van der Waals surface area contributed by atoms with Gasteiger partial charge in [-0.3, -0.25) is 14.5 Å². The van der Waals surface area contributed by atoms with Gasteiger partial charge in [-0.25, -0.2) is 9.69 Å². The number of carbonyl (C=O) groups excluding carboxylic acids is 3. The van der Waals surface area contributed by atoms with Gasteiger partial charge in [-0.2, -0.15) is 0 Å². The van der Waals surface area contributed by atoms with Gasteiger partial charge >= 0.3 is 6.03 Å². The van der Waals surface area contributed by atoms with Crippen LogP contribution in [0, 0.1) is 0 Å². The molecule has 1 aliphatic carbocycles. The molecule has 0 bridgehead atoms. The zero-order valence-electron chi connectivity index (χ0n) is 16.5. The minimum Gasteiger partial charge on any atom is -0.336 e. The maximum Gasteiger partial charge on any atom is 0.326 e. The monoisotopic (exact) mass is 418 g/mol. The minimum atomic E-state index is -0.694. The molecule has 29 heavy (non-hydrogen) atoms. The number of amides is 4. The second-order valence-electron chi connectivity index (χ2n) is 8.22. The van der Waals surface area contributed by atoms with Crippen LogP contribution in [0.1, 0.15) is 48.9 Å². The first kappa shape index (κ1) is 20.2. The van der Waals surface area contributed by atoms with Gasteiger partial charge in [0.15, 0.2) is 0 Å². The zero-order chi connectivity index (χ0) is 20.4. The van der Waals surface area contributed by atoms with Crippen molar-refractivity contribution in [3.05, 3.63) is 34.9 Å². The number of urea groups is 1. The molecule has 1 N–H and O–H groups in total. The average Bonchev–Trinajstić information content (AvgIpc) is 2.89. The van der Waals surface area contributed by atoms with E-state index in [-0.39, 0.29) is 24.5 Å². The highest BCUT2D eigenvalue weighted by Crippen LogP contribution is 2.32. The number of rotatable bonds is 3. The summed E-state index contributed by atoms with van der Waals surface area (Å²) in [5.74, 6) is -0.0993. The maximum absolute atomic E-state index is 13.0. The van der Waals surface area contributed by atoms with Crippen LogP contribution in [0.25, 0.3) is 0 Å². The Bertz CT molecular complexity index is 782. The summed E-state index contributed by atoms with van der Waals surface area (Å²) >= 11 is 5.89. The fourth-order valence-corrected chi connectivity index (χ4v) is 4.67. The lowest BCUT2D eigenvalue weighted by Gasteiger charge is -2.36. The number of hydrogen-bond acceptors (Lipinski definition) is 4. The molecule has 3 aliphatic rings. The molecule has 0 aromatic heterocycles. The standard InChI is InChI=1S/C21H27ClN4O3/c22-17-7-5-16(6-8-17)18(27)25-13-11-24(12-14-25)15-26-19(28)21(23-20(26)29)9-3-1-2-4-10-21/h5-8H,1-4,9-15H2,(H,23,29). The van der Waals surface area contributed by atoms with E-state index in [4.69, 9.17) is 11.6 Å². The molecule has 0 unspecified atom stereocenters. The largest absolute Gasteiger partial charge is 0.336 e. The second-order valence-corrected chi connectivity index (χ2v) is 8.65. The molecule has 1 aromatic rings. The molecule has 2 saturated heterocycles. The Morgan fingerprint density at radius 2 is 1.59 bits per heavy atom. The lowest BCUT2D eigenvalue weighted by atomic mass is 9.90. The van der Waals surface area contributed by atoms with E-state index in [1.165, 1.54) is 4.90 Å². The van der Waals surface area contributed by atoms with Crippen LogP contribution in [0.2, 0.25) is 5.02 Å². The van der Waals surface area contributed by atoms with Crippen LogP contribution in [-0.2, 0) is 4.79 Å². The number of benzene rings is 1. The van der Waals surface area contributed by atoms with Gasteiger partial charge in [-0.1, -0.05) is 37.3 Å². The summed E-state index contributed by atoms with van der Waals surface area (Å²) in [5.41, 5.74) is -0.0767. The third-order valence-corrected chi connectivity index (χ3v) is 6.55. The third-order valence-electron chi connectivity index (χ3n) is 6.30. The number of piperazine rings is 1. The van der Waals surface area contributed by atoms with Gasteiger partial charge < -0.3 is 10.2 Å². The topological polar surface area (TPSA) is 73.0 Å². The predicted molar refractivity (Wildman–Crippen MR) is 110 cm³/mol. The van der Waals surface area contributed by atoms with Crippen molar-refractivity contribution in [1.82, 2.24) is 20.0 Å². The van der Waals surface area contributed by atoms with Gasteiger partial charge in [0.2, 0.25) is 0 Å². The van der Waals surface area contributed by atoms with Crippen LogP contribution in [0.4, 0.5) is 4.79 Å². The van der Waals surface area contributed by atoms with Crippen molar-refractivity contribution < 1.29 is 14.4 Å². The van der Waals surface area contributed by atoms with Crippen molar-refractivity contribution in [3.63, 3.8) is 0 Å². The molecule has 4 amide bonds. The van der Waals surface area contributed by atoms with Crippen LogP contribution in [0.15, 0.2) is 24.3 Å². The zero-order valence-corrected chi connectivity index (χ0v) is 17.3. The highest BCUT2D eigenvalue weighted by atomic mass is 35.5. The SMILES string of the molecule is O=C(c1ccc(Cl)cc1)N1CCN(CN2C(=O)NC3(CCCCCC3)C2=O)CC1. The average molecular weight is 419 g/mol. The number of nitrogens with one attached hydrogen (secondary N) is 1. The van der Waals surface area contributed by atoms with E-state index in [1.54, 1.807) is 29.2 Å². The first-order valence-corrected chi connectivity index (χ1v) is 10.8. The van der Waals surface area contributed by atoms with E-state index in [1.807, 2.05) is 0 Å². The highest BCUT2D eigenvalue weighted by Gasteiger charge is 2.51. The van der Waals surface area contributed by atoms with E-state index in [2.05, 4.69) is 10.2 Å². The Kier molecular flexibility index (Phi) is 5.79. The lowest BCUT2D eigenvalue weighted by molar-refractivity contribution is -0.133. The van der Waals surface area contributed by atoms with Crippen LogP contribution < -0.4 is 5.32 Å². The molecule has 1 saturated carbocycles. The Morgan fingerprint density at radius 1 is 0.966 bits per heavy atom. The second kappa shape index (κ2) is 8.32. The van der Waals surface area contributed by atoms with Gasteiger partial charge in [-0.05, 0) is 37.1 Å². The van der Waals surface area contributed by atoms with Gasteiger partial charge in [0, 0.05) is 36.8 Å². The molecular formula is C21H27ClN4O3. The minimum absolute atomic E-state index is 0.0197. The molecule has 1 spiro atoms. The number of halogens is 1. The van der Waals surface area contributed by atoms with Crippen molar-refractivity contribution in [2.45, 2.75) is 44.1 Å². The van der Waals surface area contributed by atoms with Crippen LogP contribution in [-0.4, -0.2) is 70.9 Å². The highest BCUT2D eigenvalue weighted by molar-refractivity contribution is 6.30. The quantitative estimate of drug-likeness (QED) is 0.766. The molecule has 0 radical (unpaired) electrons. The van der Waals surface area contributed by atoms with Crippen molar-refractivity contribution in [2.24, 2.45) is 0 Å². The molecule has 1 aromatic carbocycles. The summed E-state index contributed by atoms with van der Waals surface area (Å²) < 4.78 is 0. The Morgan fingerprint density at radius 3 is 2.21 bits per heavy atom. The summed E-state index contributed by atoms with van der Waals surface area (Å²) in [4.78, 5) is 43.4. The van der Waals surface area contributed by atoms with Crippen molar-refractivity contribution in [1.29, 1.82) is 0 Å². The van der Waals surface area contributed by atoms with E-state index >= 15 is 0 Å². The molecule has 156 valence electrons. The first-order chi connectivity index (χ1) is 14.0. The summed E-state index contributed by atoms with van der Waals surface area (Å²) in [6, 6.07) is 6.61. The van der Waals surface area contributed by atoms with E-state index < -0.39 is 5.54 Å². The molecule has 3 fully saturated rings. The Labute approximate surface area is 176 Å². The molecule has 0 atom stereocenters. The van der Waals surface area contributed by atoms with Gasteiger partial charge in [0.1, 0.15) is 5.54 Å². The van der Waals surface area contributed by atoms with Crippen LogP contribution >= 0.6 is 11.6 Å². The fourth-order valence-electron chi connectivity index (χ4n) is 4.54. The molecule has 2 heterocycles. The number of hydrogen-bond donors (Lipinski definition) is 1. The van der Waals surface area contributed by atoms with Gasteiger partial charge in [-0.15, -0.1) is 0 Å². The van der Waals surface area contributed by atoms with E-state index in [0.29, 0.717) is 36.8 Å². The number of carbonyl (C=O) groups is 3. The normalized spacial score (nSPS) is 22.7. The first-order valence-electron chi connectivity index (χ1n) is 10.4. The fraction of sp³-hybridized carbons (Fsp3) is 0.571. The lowest BCUT2D eigenvalue weighted by Crippen LogP contribution is -2.53. The Hall–Kier alpha value is -2.12. The van der Waals surface area contributed by atoms with E-state index in [0.717, 1.165) is 38.5 Å². The smallest absolute Gasteiger partial charge is 0.326 e. The summed E-state index contributed by atoms with van der Waals surface area (Å²) in [6.45, 7) is 2.68. The summed E-state index contributed by atoms with van der Waals surface area (Å²) in [7, 11) is 0. The molecule has 7 nitrogen and oxygen atoms in total. The van der Waals surface area contributed by atoms with Crippen molar-refractivity contribution >= 4 is 29.4 Å². The van der Waals surface area contributed by atoms with Crippen molar-refractivity contribution in [2.75, 3.05) is 32.8 Å². The predicted octanol–water partition coefficient (Wildman–Crippen LogP) is 2.70. The third kappa shape index (κ3) is 4.12. The van der Waals surface area contributed by atoms with E-state index in [9.17, 15) is 14.4 Å². The molecular weight excluding hydrogens is 392 g/mol. The van der Waals surface area contributed by atoms with Crippen LogP contribution in [0.3, 0.4) is 0 Å². The molecule has 4 rings (SSSR count). The number of nitrogens with zero attached hydrogens (tertiary/aromatic N) is 3. The molecule has 8 heteroatoms. The van der Waals surface area contributed by atoms with Crippen LogP contribution in [0.5, 0.6) is 0 Å². The van der Waals surface area contributed by atoms with Crippen molar-refractivity contribution in [3.8, 4) is 0 Å². The Balaban J connectivity index is 1.33. The summed E-state index contributed by atoms with van der Waals surface area (Å²) in [5, 5.41) is 3.59. The van der Waals surface area contributed by atoms with Gasteiger partial charge in [0.05, 0.1) is 6.67 Å². The summed E-state index contributed by atoms with van der Waals surface area (Å²) in [6.07, 6.45) is 5.66. The van der Waals surface area contributed by atoms with Gasteiger partial charge in [0.25, 0.3) is 11.8 Å². The number of imide groups is 1. The molecule has 2 aliphatic heterocycles. The maximum atomic E-state index is 13.0.